The molecule has 0 saturated heterocycles. The highest BCUT2D eigenvalue weighted by molar-refractivity contribution is 8.01. The largest absolute Gasteiger partial charge is 0.543 e. The molecule has 0 unspecified atom stereocenters. The number of unbranched alkanes of at least 4 members (excludes halogenated alkanes) is 1. The highest BCUT2D eigenvalue weighted by Gasteiger charge is 2.67. The van der Waals surface area contributed by atoms with E-state index in [1.807, 2.05) is 0 Å². The number of thioether (sulfide) groups is 1. The molecule has 4 rings (SSSR count). The molecule has 0 N–H and O–H groups in total. The van der Waals surface area contributed by atoms with E-state index >= 15 is 0 Å². The molecule has 184 valence electrons. The average molecular weight is 493 g/mol. The minimum absolute atomic E-state index is 0.197. The molecule has 0 aliphatic heterocycles. The van der Waals surface area contributed by atoms with Crippen LogP contribution in [0.2, 0.25) is 18.1 Å². The molecule has 2 aliphatic rings. The van der Waals surface area contributed by atoms with E-state index in [1.54, 1.807) is 0 Å². The van der Waals surface area contributed by atoms with E-state index in [0.717, 1.165) is 12.2 Å². The zero-order chi connectivity index (χ0) is 24.5. The fraction of sp³-hybridized carbons (Fsp3) is 0.548. The Hall–Kier alpha value is -1.45. The van der Waals surface area contributed by atoms with E-state index in [9.17, 15) is 0 Å². The van der Waals surface area contributed by atoms with Crippen molar-refractivity contribution in [1.29, 1.82) is 0 Å². The third-order valence-electron chi connectivity index (χ3n) is 8.70. The quantitative estimate of drug-likeness (QED) is 0.196. The van der Waals surface area contributed by atoms with Gasteiger partial charge in [0.1, 0.15) is 5.76 Å². The van der Waals surface area contributed by atoms with Crippen molar-refractivity contribution in [1.82, 2.24) is 0 Å². The number of fused-ring (bicyclic) bond motifs is 1. The predicted octanol–water partition coefficient (Wildman–Crippen LogP) is 10.0. The number of hydrogen-bond acceptors (Lipinski definition) is 2. The van der Waals surface area contributed by atoms with Gasteiger partial charge < -0.3 is 4.43 Å². The Bertz CT molecular complexity index is 988. The summed E-state index contributed by atoms with van der Waals surface area (Å²) in [5, 5.41) is 0.197. The van der Waals surface area contributed by atoms with Crippen LogP contribution in [0.1, 0.15) is 83.3 Å². The summed E-state index contributed by atoms with van der Waals surface area (Å²) < 4.78 is 7.31. The molecule has 2 saturated carbocycles. The molecule has 34 heavy (non-hydrogen) atoms. The van der Waals surface area contributed by atoms with Gasteiger partial charge in [0, 0.05) is 15.2 Å². The summed E-state index contributed by atoms with van der Waals surface area (Å²) in [6.07, 6.45) is 13.1. The van der Waals surface area contributed by atoms with Crippen molar-refractivity contribution in [3.63, 3.8) is 0 Å². The van der Waals surface area contributed by atoms with Crippen LogP contribution in [0.15, 0.2) is 65.6 Å². The Labute approximate surface area is 213 Å². The molecule has 2 fully saturated rings. The van der Waals surface area contributed by atoms with Crippen LogP contribution in [0.25, 0.3) is 5.76 Å². The summed E-state index contributed by atoms with van der Waals surface area (Å²) in [6, 6.07) is 19.9. The second-order valence-corrected chi connectivity index (χ2v) is 18.4. The van der Waals surface area contributed by atoms with Gasteiger partial charge in [-0.2, -0.15) is 0 Å². The third kappa shape index (κ3) is 5.51. The monoisotopic (exact) mass is 492 g/mol. The van der Waals surface area contributed by atoms with Crippen molar-refractivity contribution in [2.45, 2.75) is 107 Å². The Morgan fingerprint density at radius 1 is 1.00 bits per heavy atom. The molecule has 2 atom stereocenters. The maximum Gasteiger partial charge on any atom is 0.250 e. The summed E-state index contributed by atoms with van der Waals surface area (Å²) >= 11 is 2.19. The lowest BCUT2D eigenvalue weighted by atomic mass is 9.84. The Morgan fingerprint density at radius 3 is 2.35 bits per heavy atom. The normalized spacial score (nSPS) is 25.1. The lowest BCUT2D eigenvalue weighted by molar-refractivity contribution is 0.326. The number of rotatable bonds is 9. The average Bonchev–Trinajstić information content (AvgIpc) is 3.45. The number of aryl methyl sites for hydroxylation is 1. The lowest BCUT2D eigenvalue weighted by Gasteiger charge is -2.37. The second-order valence-electron chi connectivity index (χ2n) is 12.3. The first-order valence-corrected chi connectivity index (χ1v) is 17.0. The lowest BCUT2D eigenvalue weighted by Crippen LogP contribution is -2.40. The SMILES string of the molecule is Cc1ccc(S[C@@]23CCCC[C@]2(CCC/C=C(/O[Si](C)(C)C(C)(C)C)c2ccccc2)C3)cc1. The summed E-state index contributed by atoms with van der Waals surface area (Å²) in [6.45, 7) is 13.9. The molecule has 1 nitrogen and oxygen atoms in total. The number of hydrogen-bond donors (Lipinski definition) is 0. The first-order chi connectivity index (χ1) is 16.1. The van der Waals surface area contributed by atoms with Gasteiger partial charge in [-0.25, -0.2) is 0 Å². The van der Waals surface area contributed by atoms with Crippen molar-refractivity contribution in [2.24, 2.45) is 5.41 Å². The fourth-order valence-electron chi connectivity index (χ4n) is 5.44. The maximum atomic E-state index is 6.82. The molecule has 0 radical (unpaired) electrons. The van der Waals surface area contributed by atoms with Crippen molar-refractivity contribution >= 4 is 25.8 Å². The molecular weight excluding hydrogens is 448 g/mol. The summed E-state index contributed by atoms with van der Waals surface area (Å²) in [5.74, 6) is 1.10. The minimum Gasteiger partial charge on any atom is -0.543 e. The Kier molecular flexibility index (Phi) is 7.46. The van der Waals surface area contributed by atoms with Crippen LogP contribution in [0, 0.1) is 12.3 Å². The molecule has 2 aromatic carbocycles. The Balaban J connectivity index is 1.43. The van der Waals surface area contributed by atoms with Crippen LogP contribution in [0.4, 0.5) is 0 Å². The Morgan fingerprint density at radius 2 is 1.68 bits per heavy atom. The first kappa shape index (κ1) is 25.6. The molecule has 2 aliphatic carbocycles. The van der Waals surface area contributed by atoms with Crippen molar-refractivity contribution in [3.05, 3.63) is 71.8 Å². The third-order valence-corrected chi connectivity index (χ3v) is 14.7. The first-order valence-electron chi connectivity index (χ1n) is 13.3. The molecule has 0 spiro atoms. The van der Waals surface area contributed by atoms with Crippen molar-refractivity contribution in [2.75, 3.05) is 0 Å². The van der Waals surface area contributed by atoms with Crippen LogP contribution < -0.4 is 0 Å². The van der Waals surface area contributed by atoms with Crippen LogP contribution in [0.3, 0.4) is 0 Å². The van der Waals surface area contributed by atoms with Gasteiger partial charge in [-0.1, -0.05) is 81.6 Å². The molecule has 0 aromatic heterocycles. The summed E-state index contributed by atoms with van der Waals surface area (Å²) in [7, 11) is -1.88. The van der Waals surface area contributed by atoms with E-state index in [1.165, 1.54) is 61.0 Å². The highest BCUT2D eigenvalue weighted by atomic mass is 32.2. The molecule has 0 amide bonds. The van der Waals surface area contributed by atoms with Gasteiger partial charge in [0.2, 0.25) is 8.32 Å². The van der Waals surface area contributed by atoms with Crippen LogP contribution in [-0.2, 0) is 4.43 Å². The fourth-order valence-corrected chi connectivity index (χ4v) is 8.23. The molecule has 3 heteroatoms. The van der Waals surface area contributed by atoms with E-state index in [0.29, 0.717) is 10.2 Å². The van der Waals surface area contributed by atoms with E-state index in [4.69, 9.17) is 4.43 Å². The van der Waals surface area contributed by atoms with Gasteiger partial charge in [-0.15, -0.1) is 11.8 Å². The van der Waals surface area contributed by atoms with Gasteiger partial charge in [0.15, 0.2) is 0 Å². The highest BCUT2D eigenvalue weighted by Crippen LogP contribution is 2.74. The van der Waals surface area contributed by atoms with Gasteiger partial charge in [0.25, 0.3) is 0 Å². The maximum absolute atomic E-state index is 6.82. The topological polar surface area (TPSA) is 9.23 Å². The van der Waals surface area contributed by atoms with Gasteiger partial charge in [0.05, 0.1) is 0 Å². The number of benzene rings is 2. The second kappa shape index (κ2) is 9.89. The smallest absolute Gasteiger partial charge is 0.250 e. The zero-order valence-corrected chi connectivity index (χ0v) is 24.1. The van der Waals surface area contributed by atoms with Crippen LogP contribution >= 0.6 is 11.8 Å². The van der Waals surface area contributed by atoms with E-state index in [2.05, 4.69) is 113 Å². The van der Waals surface area contributed by atoms with Crippen LogP contribution in [0.5, 0.6) is 0 Å². The summed E-state index contributed by atoms with van der Waals surface area (Å²) in [5.41, 5.74) is 3.13. The van der Waals surface area contributed by atoms with Crippen molar-refractivity contribution < 1.29 is 4.43 Å². The van der Waals surface area contributed by atoms with E-state index in [-0.39, 0.29) is 5.04 Å². The predicted molar refractivity (Wildman–Crippen MR) is 152 cm³/mol. The van der Waals surface area contributed by atoms with Gasteiger partial charge >= 0.3 is 0 Å². The molecule has 0 heterocycles. The van der Waals surface area contributed by atoms with Crippen molar-refractivity contribution in [3.8, 4) is 0 Å². The van der Waals surface area contributed by atoms with Gasteiger partial charge in [-0.3, -0.25) is 0 Å². The standard InChI is InChI=1S/C31H44OSSi/c1-25-17-19-27(20-18-25)33-31-23-13-12-22-30(31,24-31)21-11-10-16-28(26-14-8-7-9-15-26)32-34(5,6)29(2,3)4/h7-9,14-20H,10-13,21-24H2,1-6H3/b28-16+/t30-,31-/m1/s1. The van der Waals surface area contributed by atoms with Crippen LogP contribution in [-0.4, -0.2) is 13.1 Å². The molecule has 2 aromatic rings. The van der Waals surface area contributed by atoms with Gasteiger partial charge in [-0.05, 0) is 87.2 Å². The zero-order valence-electron chi connectivity index (χ0n) is 22.2. The van der Waals surface area contributed by atoms with E-state index < -0.39 is 8.32 Å². The molecule has 0 bridgehead atoms. The number of allylic oxidation sites excluding steroid dienone is 1. The summed E-state index contributed by atoms with van der Waals surface area (Å²) in [4.78, 5) is 1.46. The molecular formula is C31H44OSSi. The minimum atomic E-state index is -1.88.